The molecule has 0 aliphatic carbocycles. The van der Waals surface area contributed by atoms with E-state index in [0.29, 0.717) is 0 Å². The summed E-state index contributed by atoms with van der Waals surface area (Å²) in [5, 5.41) is 0. The van der Waals surface area contributed by atoms with Gasteiger partial charge in [-0.05, 0) is 44.6 Å². The fraction of sp³-hybridized carbons (Fsp3) is 0.286. The van der Waals surface area contributed by atoms with E-state index in [4.69, 9.17) is 0 Å². The largest absolute Gasteiger partial charge is 0.143 e. The molecular weight excluding hydrogens is 200 g/mol. The summed E-state index contributed by atoms with van der Waals surface area (Å²) in [7, 11) is 0. The minimum atomic E-state index is 0.0603. The maximum absolute atomic E-state index is 4.36. The first-order valence-corrected chi connectivity index (χ1v) is 5.41. The zero-order valence-electron chi connectivity index (χ0n) is 9.41. The Hall–Kier alpha value is -1.13. The number of thiol groups is 1. The molecule has 0 unspecified atom stereocenters. The van der Waals surface area contributed by atoms with Gasteiger partial charge in [-0.15, -0.1) is 12.6 Å². The van der Waals surface area contributed by atoms with E-state index in [0.717, 1.165) is 10.5 Å². The normalized spacial score (nSPS) is 11.2. The molecule has 0 fully saturated rings. The van der Waals surface area contributed by atoms with E-state index in [1.165, 1.54) is 0 Å². The second-order valence-corrected chi connectivity index (χ2v) is 4.89. The zero-order valence-corrected chi connectivity index (χ0v) is 10.3. The third-order valence-electron chi connectivity index (χ3n) is 1.73. The number of hydrogen-bond donors (Lipinski definition) is 1. The van der Waals surface area contributed by atoms with E-state index in [2.05, 4.69) is 45.2 Å². The molecule has 0 aromatic heterocycles. The Morgan fingerprint density at radius 3 is 2.47 bits per heavy atom. The number of allylic oxidation sites excluding steroid dienone is 1. The first-order valence-electron chi connectivity index (χ1n) is 4.96. The van der Waals surface area contributed by atoms with E-state index in [1.807, 2.05) is 36.4 Å². The van der Waals surface area contributed by atoms with Crippen LogP contribution in [0.2, 0.25) is 0 Å². The van der Waals surface area contributed by atoms with Gasteiger partial charge in [0.05, 0.1) is 0 Å². The van der Waals surface area contributed by atoms with Crippen LogP contribution in [0.5, 0.6) is 0 Å². The second kappa shape index (κ2) is 5.09. The average Bonchev–Trinajstić information content (AvgIpc) is 2.13. The van der Waals surface area contributed by atoms with Crippen LogP contribution in [0.15, 0.2) is 35.2 Å². The van der Waals surface area contributed by atoms with Gasteiger partial charge in [0.2, 0.25) is 0 Å². The smallest absolute Gasteiger partial charge is 0.0233 e. The highest BCUT2D eigenvalue weighted by Crippen LogP contribution is 2.14. The molecule has 0 N–H and O–H groups in total. The fourth-order valence-electron chi connectivity index (χ4n) is 1.02. The number of rotatable bonds is 1. The third-order valence-corrected chi connectivity index (χ3v) is 2.14. The summed E-state index contributed by atoms with van der Waals surface area (Å²) < 4.78 is 0. The van der Waals surface area contributed by atoms with Crippen LogP contribution in [0.4, 0.5) is 0 Å². The van der Waals surface area contributed by atoms with Crippen LogP contribution >= 0.6 is 12.6 Å². The van der Waals surface area contributed by atoms with Crippen molar-refractivity contribution in [1.29, 1.82) is 0 Å². The van der Waals surface area contributed by atoms with Crippen molar-refractivity contribution in [3.05, 3.63) is 35.9 Å². The number of hydrogen-bond acceptors (Lipinski definition) is 1. The Balaban J connectivity index is 2.74. The summed E-state index contributed by atoms with van der Waals surface area (Å²) in [4.78, 5) is 0.978. The lowest BCUT2D eigenvalue weighted by Gasteiger charge is -2.05. The Morgan fingerprint density at radius 1 is 1.20 bits per heavy atom. The average molecular weight is 216 g/mol. The van der Waals surface area contributed by atoms with Crippen LogP contribution in [0.25, 0.3) is 6.08 Å². The molecular formula is C14H16S. The molecule has 1 aromatic rings. The standard InChI is InChI=1S/C14H16S/c1-14(2,3)11-7-6-9-12-8-4-5-10-13(12)15/h4-6,8-10,15H,1-3H3/b9-6-. The molecule has 1 aromatic carbocycles. The van der Waals surface area contributed by atoms with Crippen molar-refractivity contribution in [1.82, 2.24) is 0 Å². The molecule has 78 valence electrons. The van der Waals surface area contributed by atoms with Crippen molar-refractivity contribution in [3.63, 3.8) is 0 Å². The molecule has 0 bridgehead atoms. The highest BCUT2D eigenvalue weighted by atomic mass is 32.1. The lowest BCUT2D eigenvalue weighted by atomic mass is 9.98. The first kappa shape index (κ1) is 11.9. The van der Waals surface area contributed by atoms with E-state index < -0.39 is 0 Å². The number of benzene rings is 1. The van der Waals surface area contributed by atoms with Gasteiger partial charge in [0.25, 0.3) is 0 Å². The lowest BCUT2D eigenvalue weighted by molar-refractivity contribution is 0.571. The monoisotopic (exact) mass is 216 g/mol. The molecule has 15 heavy (non-hydrogen) atoms. The van der Waals surface area contributed by atoms with Crippen molar-refractivity contribution in [2.75, 3.05) is 0 Å². The first-order chi connectivity index (χ1) is 6.99. The Bertz CT molecular complexity index is 411. The second-order valence-electron chi connectivity index (χ2n) is 4.41. The van der Waals surface area contributed by atoms with E-state index >= 15 is 0 Å². The topological polar surface area (TPSA) is 0 Å². The molecule has 0 atom stereocenters. The molecule has 0 spiro atoms. The van der Waals surface area contributed by atoms with Crippen LogP contribution in [-0.4, -0.2) is 0 Å². The molecule has 0 saturated carbocycles. The maximum atomic E-state index is 4.36. The van der Waals surface area contributed by atoms with Gasteiger partial charge in [0, 0.05) is 10.3 Å². The molecule has 1 heteroatoms. The third kappa shape index (κ3) is 4.76. The molecule has 0 aliphatic heterocycles. The van der Waals surface area contributed by atoms with Crippen LogP contribution < -0.4 is 0 Å². The van der Waals surface area contributed by atoms with Crippen molar-refractivity contribution in [3.8, 4) is 11.8 Å². The van der Waals surface area contributed by atoms with Crippen molar-refractivity contribution in [2.45, 2.75) is 25.7 Å². The van der Waals surface area contributed by atoms with Crippen molar-refractivity contribution >= 4 is 18.7 Å². The van der Waals surface area contributed by atoms with Crippen LogP contribution in [-0.2, 0) is 0 Å². The van der Waals surface area contributed by atoms with Crippen molar-refractivity contribution in [2.24, 2.45) is 5.41 Å². The highest BCUT2D eigenvalue weighted by molar-refractivity contribution is 7.80. The van der Waals surface area contributed by atoms with Crippen LogP contribution in [0.3, 0.4) is 0 Å². The van der Waals surface area contributed by atoms with Gasteiger partial charge in [0.1, 0.15) is 0 Å². The Labute approximate surface area is 97.8 Å². The maximum Gasteiger partial charge on any atom is 0.0233 e. The zero-order chi connectivity index (χ0) is 11.3. The van der Waals surface area contributed by atoms with E-state index in [-0.39, 0.29) is 5.41 Å². The predicted molar refractivity (Wildman–Crippen MR) is 70.0 cm³/mol. The van der Waals surface area contributed by atoms with Gasteiger partial charge in [-0.1, -0.05) is 30.0 Å². The molecule has 0 amide bonds. The van der Waals surface area contributed by atoms with E-state index in [9.17, 15) is 0 Å². The van der Waals surface area contributed by atoms with Crippen LogP contribution in [0.1, 0.15) is 26.3 Å². The Morgan fingerprint density at radius 2 is 1.87 bits per heavy atom. The summed E-state index contributed by atoms with van der Waals surface area (Å²) in [6.45, 7) is 6.29. The molecule has 0 aliphatic rings. The summed E-state index contributed by atoms with van der Waals surface area (Å²) in [5.74, 6) is 6.19. The molecule has 0 radical (unpaired) electrons. The van der Waals surface area contributed by atoms with Gasteiger partial charge in [-0.25, -0.2) is 0 Å². The lowest BCUT2D eigenvalue weighted by Crippen LogP contribution is -1.98. The van der Waals surface area contributed by atoms with E-state index in [1.54, 1.807) is 0 Å². The SMILES string of the molecule is CC(C)(C)C#C/C=C\c1ccccc1S. The summed E-state index contributed by atoms with van der Waals surface area (Å²) in [6.07, 6.45) is 3.86. The minimum absolute atomic E-state index is 0.0603. The summed E-state index contributed by atoms with van der Waals surface area (Å²) in [5.41, 5.74) is 1.16. The molecule has 0 nitrogen and oxygen atoms in total. The summed E-state index contributed by atoms with van der Waals surface area (Å²) in [6, 6.07) is 7.97. The van der Waals surface area contributed by atoms with Gasteiger partial charge in [-0.3, -0.25) is 0 Å². The molecule has 0 saturated heterocycles. The predicted octanol–water partition coefficient (Wildman–Crippen LogP) is 4.04. The quantitative estimate of drug-likeness (QED) is 0.531. The van der Waals surface area contributed by atoms with Gasteiger partial charge in [-0.2, -0.15) is 0 Å². The van der Waals surface area contributed by atoms with Gasteiger partial charge in [0.15, 0.2) is 0 Å². The highest BCUT2D eigenvalue weighted by Gasteiger charge is 2.02. The van der Waals surface area contributed by atoms with Gasteiger partial charge >= 0.3 is 0 Å². The molecule has 1 rings (SSSR count). The molecule has 0 heterocycles. The fourth-order valence-corrected chi connectivity index (χ4v) is 1.25. The van der Waals surface area contributed by atoms with Crippen molar-refractivity contribution < 1.29 is 0 Å². The van der Waals surface area contributed by atoms with Crippen LogP contribution in [0, 0.1) is 17.3 Å². The Kier molecular flexibility index (Phi) is 4.05. The minimum Gasteiger partial charge on any atom is -0.143 e. The van der Waals surface area contributed by atoms with Gasteiger partial charge < -0.3 is 0 Å². The summed E-state index contributed by atoms with van der Waals surface area (Å²) >= 11 is 4.36.